The molecule has 0 saturated carbocycles. The molecule has 0 aliphatic rings. The first-order valence-corrected chi connectivity index (χ1v) is 9.97. The standard InChI is InChI=1S/C25H27NO4/c1-30-21-14-8-13-20(17-21)22(27)15-16-26-23(24(28)18-9-4-2-5-10-18)25(29)19-11-6-3-7-12-19/h2-14,17,23-26,28-29H,15-16H2,1H3. The predicted molar refractivity (Wildman–Crippen MR) is 117 cm³/mol. The molecule has 0 bridgehead atoms. The number of aliphatic hydroxyl groups is 2. The lowest BCUT2D eigenvalue weighted by Crippen LogP contribution is -2.41. The molecule has 0 aliphatic heterocycles. The van der Waals surface area contributed by atoms with Crippen LogP contribution in [0, 0.1) is 0 Å². The molecular weight excluding hydrogens is 378 g/mol. The van der Waals surface area contributed by atoms with Gasteiger partial charge in [-0.3, -0.25) is 4.79 Å². The number of methoxy groups -OCH3 is 1. The van der Waals surface area contributed by atoms with Crippen molar-refractivity contribution in [1.82, 2.24) is 5.32 Å². The third-order valence-electron chi connectivity index (χ3n) is 5.09. The summed E-state index contributed by atoms with van der Waals surface area (Å²) in [5, 5.41) is 25.1. The summed E-state index contributed by atoms with van der Waals surface area (Å²) in [6.45, 7) is 0.314. The summed E-state index contributed by atoms with van der Waals surface area (Å²) in [5.41, 5.74) is 1.97. The molecule has 5 nitrogen and oxygen atoms in total. The summed E-state index contributed by atoms with van der Waals surface area (Å²) in [5.74, 6) is 0.592. The number of nitrogens with one attached hydrogen (secondary N) is 1. The van der Waals surface area contributed by atoms with E-state index in [9.17, 15) is 15.0 Å². The van der Waals surface area contributed by atoms with Crippen molar-refractivity contribution >= 4 is 5.78 Å². The van der Waals surface area contributed by atoms with Gasteiger partial charge in [-0.25, -0.2) is 0 Å². The normalized spacial score (nSPS) is 14.0. The Morgan fingerprint density at radius 1 is 0.867 bits per heavy atom. The van der Waals surface area contributed by atoms with Crippen LogP contribution in [0.15, 0.2) is 84.9 Å². The molecule has 30 heavy (non-hydrogen) atoms. The van der Waals surface area contributed by atoms with Gasteiger partial charge in [0.15, 0.2) is 5.78 Å². The molecule has 2 unspecified atom stereocenters. The fraction of sp³-hybridized carbons (Fsp3) is 0.240. The summed E-state index contributed by atoms with van der Waals surface area (Å²) in [6.07, 6.45) is -1.64. The Bertz CT molecular complexity index is 885. The number of Topliss-reactive ketones (excluding diaryl/α,β-unsaturated/α-hetero) is 1. The van der Waals surface area contributed by atoms with E-state index in [2.05, 4.69) is 5.32 Å². The number of hydrogen-bond acceptors (Lipinski definition) is 5. The van der Waals surface area contributed by atoms with Crippen molar-refractivity contribution in [2.45, 2.75) is 24.7 Å². The van der Waals surface area contributed by atoms with Crippen LogP contribution in [0.25, 0.3) is 0 Å². The highest BCUT2D eigenvalue weighted by atomic mass is 16.5. The predicted octanol–water partition coefficient (Wildman–Crippen LogP) is 3.69. The molecule has 0 spiro atoms. The van der Waals surface area contributed by atoms with E-state index in [-0.39, 0.29) is 12.2 Å². The van der Waals surface area contributed by atoms with Gasteiger partial charge < -0.3 is 20.3 Å². The Morgan fingerprint density at radius 3 is 1.97 bits per heavy atom. The summed E-state index contributed by atoms with van der Waals surface area (Å²) in [4.78, 5) is 12.6. The monoisotopic (exact) mass is 405 g/mol. The van der Waals surface area contributed by atoms with Crippen LogP contribution in [0.2, 0.25) is 0 Å². The van der Waals surface area contributed by atoms with E-state index < -0.39 is 18.2 Å². The van der Waals surface area contributed by atoms with Gasteiger partial charge in [0.25, 0.3) is 0 Å². The largest absolute Gasteiger partial charge is 0.497 e. The Balaban J connectivity index is 1.71. The van der Waals surface area contributed by atoms with Gasteiger partial charge in [0.1, 0.15) is 5.75 Å². The highest BCUT2D eigenvalue weighted by molar-refractivity contribution is 5.96. The average molecular weight is 405 g/mol. The first kappa shape index (κ1) is 21.7. The van der Waals surface area contributed by atoms with E-state index in [0.717, 1.165) is 0 Å². The lowest BCUT2D eigenvalue weighted by molar-refractivity contribution is 0.0357. The molecule has 3 N–H and O–H groups in total. The van der Waals surface area contributed by atoms with E-state index in [1.54, 1.807) is 31.4 Å². The number of rotatable bonds is 10. The zero-order valence-corrected chi connectivity index (χ0v) is 16.9. The van der Waals surface area contributed by atoms with Gasteiger partial charge in [0.05, 0.1) is 25.4 Å². The molecule has 3 rings (SSSR count). The zero-order chi connectivity index (χ0) is 21.3. The van der Waals surface area contributed by atoms with Crippen LogP contribution in [-0.4, -0.2) is 35.7 Å². The maximum atomic E-state index is 12.6. The number of carbonyl (C=O) groups is 1. The van der Waals surface area contributed by atoms with Crippen molar-refractivity contribution in [3.05, 3.63) is 102 Å². The van der Waals surface area contributed by atoms with Gasteiger partial charge in [0.2, 0.25) is 0 Å². The van der Waals surface area contributed by atoms with Crippen LogP contribution < -0.4 is 10.1 Å². The minimum atomic E-state index is -0.937. The number of ether oxygens (including phenoxy) is 1. The highest BCUT2D eigenvalue weighted by Crippen LogP contribution is 2.27. The third kappa shape index (κ3) is 5.54. The maximum Gasteiger partial charge on any atom is 0.164 e. The number of benzene rings is 3. The molecule has 0 radical (unpaired) electrons. The summed E-state index contributed by atoms with van der Waals surface area (Å²) < 4.78 is 5.17. The van der Waals surface area contributed by atoms with Crippen molar-refractivity contribution in [2.75, 3.05) is 13.7 Å². The van der Waals surface area contributed by atoms with Crippen LogP contribution in [0.5, 0.6) is 5.75 Å². The molecule has 2 atom stereocenters. The van der Waals surface area contributed by atoms with Gasteiger partial charge in [-0.2, -0.15) is 0 Å². The minimum Gasteiger partial charge on any atom is -0.497 e. The molecule has 0 fully saturated rings. The molecule has 0 saturated heterocycles. The number of hydrogen-bond donors (Lipinski definition) is 3. The van der Waals surface area contributed by atoms with Crippen LogP contribution in [0.1, 0.15) is 40.1 Å². The molecule has 5 heteroatoms. The quantitative estimate of drug-likeness (QED) is 0.448. The van der Waals surface area contributed by atoms with Crippen molar-refractivity contribution in [3.63, 3.8) is 0 Å². The molecule has 156 valence electrons. The van der Waals surface area contributed by atoms with Crippen LogP contribution >= 0.6 is 0 Å². The van der Waals surface area contributed by atoms with Crippen LogP contribution in [-0.2, 0) is 0 Å². The van der Waals surface area contributed by atoms with Gasteiger partial charge in [-0.15, -0.1) is 0 Å². The van der Waals surface area contributed by atoms with Crippen LogP contribution in [0.4, 0.5) is 0 Å². The second-order valence-electron chi connectivity index (χ2n) is 7.10. The summed E-state index contributed by atoms with van der Waals surface area (Å²) in [7, 11) is 1.56. The lowest BCUT2D eigenvalue weighted by atomic mass is 9.93. The number of aliphatic hydroxyl groups excluding tert-OH is 2. The minimum absolute atomic E-state index is 0.0384. The van der Waals surface area contributed by atoms with Gasteiger partial charge in [-0.1, -0.05) is 72.8 Å². The molecule has 0 heterocycles. The SMILES string of the molecule is COc1cccc(C(=O)CCNC(C(O)c2ccccc2)C(O)c2ccccc2)c1. The van der Waals surface area contributed by atoms with E-state index >= 15 is 0 Å². The van der Waals surface area contributed by atoms with Crippen molar-refractivity contribution in [3.8, 4) is 5.75 Å². The maximum absolute atomic E-state index is 12.6. The third-order valence-corrected chi connectivity index (χ3v) is 5.09. The van der Waals surface area contributed by atoms with E-state index in [0.29, 0.717) is 29.0 Å². The van der Waals surface area contributed by atoms with Crippen molar-refractivity contribution in [1.29, 1.82) is 0 Å². The Labute approximate surface area is 177 Å². The summed E-state index contributed by atoms with van der Waals surface area (Å²) in [6, 6.07) is 24.7. The van der Waals surface area contributed by atoms with Gasteiger partial charge in [-0.05, 0) is 23.3 Å². The van der Waals surface area contributed by atoms with Crippen molar-refractivity contribution in [2.24, 2.45) is 0 Å². The Hall–Kier alpha value is -2.99. The van der Waals surface area contributed by atoms with Gasteiger partial charge >= 0.3 is 0 Å². The van der Waals surface area contributed by atoms with E-state index in [4.69, 9.17) is 4.74 Å². The smallest absolute Gasteiger partial charge is 0.164 e. The Morgan fingerprint density at radius 2 is 1.43 bits per heavy atom. The molecule has 0 aromatic heterocycles. The second-order valence-corrected chi connectivity index (χ2v) is 7.10. The first-order valence-electron chi connectivity index (χ1n) is 9.97. The zero-order valence-electron chi connectivity index (χ0n) is 16.9. The van der Waals surface area contributed by atoms with E-state index in [1.165, 1.54) is 0 Å². The molecule has 0 amide bonds. The highest BCUT2D eigenvalue weighted by Gasteiger charge is 2.29. The van der Waals surface area contributed by atoms with Crippen LogP contribution in [0.3, 0.4) is 0 Å². The fourth-order valence-corrected chi connectivity index (χ4v) is 3.40. The van der Waals surface area contributed by atoms with Crippen molar-refractivity contribution < 1.29 is 19.7 Å². The Kier molecular flexibility index (Phi) is 7.74. The lowest BCUT2D eigenvalue weighted by Gasteiger charge is -2.29. The first-order chi connectivity index (χ1) is 14.6. The topological polar surface area (TPSA) is 78.8 Å². The molecule has 3 aromatic rings. The average Bonchev–Trinajstić information content (AvgIpc) is 2.82. The van der Waals surface area contributed by atoms with Gasteiger partial charge in [0, 0.05) is 18.5 Å². The summed E-state index contributed by atoms with van der Waals surface area (Å²) >= 11 is 0. The fourth-order valence-electron chi connectivity index (χ4n) is 3.40. The molecular formula is C25H27NO4. The number of ketones is 1. The second kappa shape index (κ2) is 10.7. The molecule has 3 aromatic carbocycles. The number of carbonyl (C=O) groups excluding carboxylic acids is 1. The van der Waals surface area contributed by atoms with E-state index in [1.807, 2.05) is 60.7 Å². The molecule has 0 aliphatic carbocycles.